The SMILES string of the molecule is NNC(=O)c1c(COC2CCOCC2)oc2ccccc12. The molecule has 0 spiro atoms. The number of ether oxygens (including phenoxy) is 2. The second-order valence-corrected chi connectivity index (χ2v) is 4.99. The Balaban J connectivity index is 1.84. The number of carbonyl (C=O) groups excluding carboxylic acids is 1. The lowest BCUT2D eigenvalue weighted by atomic mass is 10.1. The number of nitrogen functional groups attached to an aromatic ring is 1. The van der Waals surface area contributed by atoms with E-state index < -0.39 is 0 Å². The van der Waals surface area contributed by atoms with Crippen LogP contribution in [0, 0.1) is 0 Å². The van der Waals surface area contributed by atoms with E-state index in [1.54, 1.807) is 0 Å². The number of carbonyl (C=O) groups is 1. The number of hydrogen-bond donors (Lipinski definition) is 2. The maximum atomic E-state index is 12.0. The molecule has 1 aliphatic rings. The molecule has 21 heavy (non-hydrogen) atoms. The Morgan fingerprint density at radius 1 is 1.33 bits per heavy atom. The third kappa shape index (κ3) is 2.92. The predicted molar refractivity (Wildman–Crippen MR) is 76.5 cm³/mol. The first-order valence-electron chi connectivity index (χ1n) is 7.00. The molecule has 1 aromatic carbocycles. The minimum atomic E-state index is -0.370. The van der Waals surface area contributed by atoms with Gasteiger partial charge in [0.15, 0.2) is 0 Å². The molecule has 0 bridgehead atoms. The third-order valence-electron chi connectivity index (χ3n) is 3.65. The molecule has 0 atom stereocenters. The quantitative estimate of drug-likeness (QED) is 0.509. The summed E-state index contributed by atoms with van der Waals surface area (Å²) >= 11 is 0. The van der Waals surface area contributed by atoms with Gasteiger partial charge < -0.3 is 13.9 Å². The Hall–Kier alpha value is -1.89. The highest BCUT2D eigenvalue weighted by Gasteiger charge is 2.22. The van der Waals surface area contributed by atoms with Gasteiger partial charge in [0, 0.05) is 18.6 Å². The van der Waals surface area contributed by atoms with Crippen LogP contribution in [0.15, 0.2) is 28.7 Å². The van der Waals surface area contributed by atoms with Gasteiger partial charge in [-0.1, -0.05) is 18.2 Å². The van der Waals surface area contributed by atoms with Crippen LogP contribution in [-0.2, 0) is 16.1 Å². The van der Waals surface area contributed by atoms with Gasteiger partial charge in [0.1, 0.15) is 18.0 Å². The van der Waals surface area contributed by atoms with Crippen molar-refractivity contribution in [2.75, 3.05) is 13.2 Å². The fraction of sp³-hybridized carbons (Fsp3) is 0.400. The van der Waals surface area contributed by atoms with E-state index in [1.807, 2.05) is 24.3 Å². The van der Waals surface area contributed by atoms with Crippen molar-refractivity contribution in [1.82, 2.24) is 5.43 Å². The Morgan fingerprint density at radius 2 is 2.10 bits per heavy atom. The molecule has 1 amide bonds. The van der Waals surface area contributed by atoms with Gasteiger partial charge in [-0.15, -0.1) is 0 Å². The lowest BCUT2D eigenvalue weighted by Crippen LogP contribution is -2.30. The minimum Gasteiger partial charge on any atom is -0.458 e. The van der Waals surface area contributed by atoms with Gasteiger partial charge in [-0.3, -0.25) is 10.2 Å². The molecule has 2 heterocycles. The molecule has 0 aliphatic carbocycles. The molecule has 0 unspecified atom stereocenters. The summed E-state index contributed by atoms with van der Waals surface area (Å²) in [5, 5.41) is 0.742. The standard InChI is InChI=1S/C15H18N2O4/c16-17-15(18)14-11-3-1-2-4-12(11)21-13(14)9-20-10-5-7-19-8-6-10/h1-4,10H,5-9,16H2,(H,17,18). The van der Waals surface area contributed by atoms with Gasteiger partial charge in [0.25, 0.3) is 5.91 Å². The number of hydrazine groups is 1. The van der Waals surface area contributed by atoms with E-state index in [2.05, 4.69) is 5.43 Å². The summed E-state index contributed by atoms with van der Waals surface area (Å²) in [5.41, 5.74) is 3.26. The smallest absolute Gasteiger partial charge is 0.269 e. The molecule has 1 saturated heterocycles. The molecule has 1 aliphatic heterocycles. The summed E-state index contributed by atoms with van der Waals surface area (Å²) in [5.74, 6) is 5.40. The number of rotatable bonds is 4. The first kappa shape index (κ1) is 14.1. The summed E-state index contributed by atoms with van der Waals surface area (Å²) in [7, 11) is 0. The molecular weight excluding hydrogens is 272 g/mol. The van der Waals surface area contributed by atoms with E-state index in [-0.39, 0.29) is 18.6 Å². The van der Waals surface area contributed by atoms with Gasteiger partial charge in [-0.2, -0.15) is 0 Å². The Bertz CT molecular complexity index is 632. The lowest BCUT2D eigenvalue weighted by Gasteiger charge is -2.22. The summed E-state index contributed by atoms with van der Waals surface area (Å²) in [6.45, 7) is 1.67. The summed E-state index contributed by atoms with van der Waals surface area (Å²) < 4.78 is 16.9. The van der Waals surface area contributed by atoms with Crippen molar-refractivity contribution in [3.63, 3.8) is 0 Å². The van der Waals surface area contributed by atoms with Crippen LogP contribution in [-0.4, -0.2) is 25.2 Å². The first-order chi connectivity index (χ1) is 10.3. The van der Waals surface area contributed by atoms with E-state index in [0.29, 0.717) is 30.1 Å². The monoisotopic (exact) mass is 290 g/mol. The number of nitrogens with one attached hydrogen (secondary N) is 1. The molecule has 6 heteroatoms. The molecule has 112 valence electrons. The highest BCUT2D eigenvalue weighted by atomic mass is 16.5. The molecular formula is C15H18N2O4. The van der Waals surface area contributed by atoms with E-state index in [1.165, 1.54) is 0 Å². The first-order valence-corrected chi connectivity index (χ1v) is 7.00. The summed E-state index contributed by atoms with van der Waals surface area (Å²) in [6.07, 6.45) is 1.86. The molecule has 6 nitrogen and oxygen atoms in total. The van der Waals surface area contributed by atoms with E-state index in [4.69, 9.17) is 19.7 Å². The van der Waals surface area contributed by atoms with Crippen molar-refractivity contribution in [2.24, 2.45) is 5.84 Å². The van der Waals surface area contributed by atoms with Crippen molar-refractivity contribution in [1.29, 1.82) is 0 Å². The average Bonchev–Trinajstić information content (AvgIpc) is 2.91. The fourth-order valence-electron chi connectivity index (χ4n) is 2.56. The molecule has 1 aromatic heterocycles. The Kier molecular flexibility index (Phi) is 4.19. The molecule has 3 N–H and O–H groups in total. The number of nitrogens with two attached hydrogens (primary N) is 1. The molecule has 0 saturated carbocycles. The molecule has 1 fully saturated rings. The average molecular weight is 290 g/mol. The number of fused-ring (bicyclic) bond motifs is 1. The van der Waals surface area contributed by atoms with Crippen LogP contribution in [0.2, 0.25) is 0 Å². The van der Waals surface area contributed by atoms with E-state index >= 15 is 0 Å². The highest BCUT2D eigenvalue weighted by molar-refractivity contribution is 6.06. The topological polar surface area (TPSA) is 86.7 Å². The summed E-state index contributed by atoms with van der Waals surface area (Å²) in [4.78, 5) is 12.0. The normalized spacial score (nSPS) is 16.2. The lowest BCUT2D eigenvalue weighted by molar-refractivity contribution is -0.0432. The van der Waals surface area contributed by atoms with Crippen molar-refractivity contribution in [2.45, 2.75) is 25.6 Å². The Morgan fingerprint density at radius 3 is 2.86 bits per heavy atom. The largest absolute Gasteiger partial charge is 0.458 e. The number of furan rings is 1. The van der Waals surface area contributed by atoms with Crippen molar-refractivity contribution < 1.29 is 18.7 Å². The van der Waals surface area contributed by atoms with Crippen LogP contribution in [0.4, 0.5) is 0 Å². The van der Waals surface area contributed by atoms with Crippen LogP contribution in [0.5, 0.6) is 0 Å². The molecule has 3 rings (SSSR count). The minimum absolute atomic E-state index is 0.140. The van der Waals surface area contributed by atoms with Gasteiger partial charge in [0.05, 0.1) is 11.7 Å². The van der Waals surface area contributed by atoms with Crippen LogP contribution in [0.3, 0.4) is 0 Å². The van der Waals surface area contributed by atoms with E-state index in [0.717, 1.165) is 18.2 Å². The van der Waals surface area contributed by atoms with Gasteiger partial charge in [0.2, 0.25) is 0 Å². The van der Waals surface area contributed by atoms with E-state index in [9.17, 15) is 4.79 Å². The van der Waals surface area contributed by atoms with Crippen LogP contribution >= 0.6 is 0 Å². The van der Waals surface area contributed by atoms with Gasteiger partial charge >= 0.3 is 0 Å². The van der Waals surface area contributed by atoms with Crippen molar-refractivity contribution in [3.05, 3.63) is 35.6 Å². The summed E-state index contributed by atoms with van der Waals surface area (Å²) in [6, 6.07) is 7.37. The fourth-order valence-corrected chi connectivity index (χ4v) is 2.56. The van der Waals surface area contributed by atoms with Crippen LogP contribution < -0.4 is 11.3 Å². The zero-order chi connectivity index (χ0) is 14.7. The van der Waals surface area contributed by atoms with Crippen LogP contribution in [0.25, 0.3) is 11.0 Å². The van der Waals surface area contributed by atoms with Gasteiger partial charge in [-0.25, -0.2) is 5.84 Å². The second kappa shape index (κ2) is 6.26. The maximum Gasteiger partial charge on any atom is 0.269 e. The molecule has 0 radical (unpaired) electrons. The van der Waals surface area contributed by atoms with Crippen molar-refractivity contribution in [3.8, 4) is 0 Å². The van der Waals surface area contributed by atoms with Crippen LogP contribution in [0.1, 0.15) is 29.0 Å². The zero-order valence-electron chi connectivity index (χ0n) is 11.6. The Labute approximate surface area is 122 Å². The maximum absolute atomic E-state index is 12.0. The predicted octanol–water partition coefficient (Wildman–Crippen LogP) is 1.73. The number of benzene rings is 1. The van der Waals surface area contributed by atoms with Crippen molar-refractivity contribution >= 4 is 16.9 Å². The third-order valence-corrected chi connectivity index (χ3v) is 3.65. The number of amides is 1. The van der Waals surface area contributed by atoms with Gasteiger partial charge in [-0.05, 0) is 18.9 Å². The highest BCUT2D eigenvalue weighted by Crippen LogP contribution is 2.27. The second-order valence-electron chi connectivity index (χ2n) is 4.99. The number of para-hydroxylation sites is 1. The zero-order valence-corrected chi connectivity index (χ0v) is 11.6. The molecule has 2 aromatic rings. The number of hydrogen-bond acceptors (Lipinski definition) is 5.